The molecule has 120 valence electrons. The molecule has 7 nitrogen and oxygen atoms in total. The van der Waals surface area contributed by atoms with Gasteiger partial charge in [0, 0.05) is 24.5 Å². The van der Waals surface area contributed by atoms with Crippen molar-refractivity contribution in [3.63, 3.8) is 0 Å². The van der Waals surface area contributed by atoms with Crippen LogP contribution in [0.5, 0.6) is 0 Å². The first kappa shape index (κ1) is 17.4. The maximum atomic E-state index is 12.1. The van der Waals surface area contributed by atoms with Crippen molar-refractivity contribution in [1.82, 2.24) is 10.2 Å². The summed E-state index contributed by atoms with van der Waals surface area (Å²) in [7, 11) is 0. The first-order valence-electron chi connectivity index (χ1n) is 7.25. The molecule has 1 unspecified atom stereocenters. The lowest BCUT2D eigenvalue weighted by Crippen LogP contribution is -2.52. The topological polar surface area (TPSA) is 119 Å². The molecule has 1 fully saturated rings. The molecule has 0 aromatic carbocycles. The number of nitrogens with one attached hydrogen (secondary N) is 1. The third-order valence-corrected chi connectivity index (χ3v) is 3.53. The first-order chi connectivity index (χ1) is 9.61. The minimum Gasteiger partial charge on any atom is -0.370 e. The van der Waals surface area contributed by atoms with Gasteiger partial charge in [-0.05, 0) is 12.8 Å². The summed E-state index contributed by atoms with van der Waals surface area (Å²) in [6, 6.07) is -0.919. The Hall–Kier alpha value is -1.63. The molecule has 0 spiro atoms. The van der Waals surface area contributed by atoms with E-state index in [0.29, 0.717) is 25.9 Å². The van der Waals surface area contributed by atoms with Gasteiger partial charge in [0.1, 0.15) is 0 Å². The van der Waals surface area contributed by atoms with Gasteiger partial charge in [0.15, 0.2) is 0 Å². The monoisotopic (exact) mass is 298 g/mol. The highest BCUT2D eigenvalue weighted by Gasteiger charge is 2.31. The maximum absolute atomic E-state index is 12.1. The number of nitrogens with two attached hydrogens (primary N) is 2. The van der Waals surface area contributed by atoms with Gasteiger partial charge in [0.25, 0.3) is 0 Å². The normalized spacial score (nSPS) is 18.2. The molecule has 1 aliphatic heterocycles. The van der Waals surface area contributed by atoms with Crippen LogP contribution in [0.3, 0.4) is 0 Å². The van der Waals surface area contributed by atoms with Crippen molar-refractivity contribution in [3.05, 3.63) is 0 Å². The third-order valence-electron chi connectivity index (χ3n) is 3.53. The van der Waals surface area contributed by atoms with E-state index in [-0.39, 0.29) is 29.7 Å². The highest BCUT2D eigenvalue weighted by Crippen LogP contribution is 2.21. The van der Waals surface area contributed by atoms with Gasteiger partial charge in [-0.25, -0.2) is 0 Å². The van der Waals surface area contributed by atoms with Crippen LogP contribution in [0.15, 0.2) is 0 Å². The summed E-state index contributed by atoms with van der Waals surface area (Å²) in [6.45, 7) is 6.92. The Kier molecular flexibility index (Phi) is 5.71. The smallest absolute Gasteiger partial charge is 0.237 e. The molecule has 1 aliphatic rings. The lowest BCUT2D eigenvalue weighted by atomic mass is 9.93. The molecule has 0 bridgehead atoms. The van der Waals surface area contributed by atoms with E-state index in [1.165, 1.54) is 0 Å². The van der Waals surface area contributed by atoms with Crippen molar-refractivity contribution < 1.29 is 14.4 Å². The van der Waals surface area contributed by atoms with Crippen LogP contribution in [0.25, 0.3) is 0 Å². The van der Waals surface area contributed by atoms with E-state index in [2.05, 4.69) is 5.32 Å². The van der Waals surface area contributed by atoms with E-state index in [1.54, 1.807) is 0 Å². The van der Waals surface area contributed by atoms with Crippen LogP contribution in [0.2, 0.25) is 0 Å². The maximum Gasteiger partial charge on any atom is 0.237 e. The zero-order chi connectivity index (χ0) is 16.2. The molecular formula is C14H26N4O3. The van der Waals surface area contributed by atoms with Crippen LogP contribution in [-0.2, 0) is 14.4 Å². The second kappa shape index (κ2) is 6.89. The summed E-state index contributed by atoms with van der Waals surface area (Å²) in [5.74, 6) is -0.838. The lowest BCUT2D eigenvalue weighted by Gasteiger charge is -2.36. The number of rotatable bonds is 4. The van der Waals surface area contributed by atoms with E-state index >= 15 is 0 Å². The fourth-order valence-electron chi connectivity index (χ4n) is 2.32. The van der Waals surface area contributed by atoms with Crippen LogP contribution in [0.4, 0.5) is 0 Å². The summed E-state index contributed by atoms with van der Waals surface area (Å²) in [4.78, 5) is 36.5. The van der Waals surface area contributed by atoms with E-state index in [1.807, 2.05) is 25.7 Å². The molecule has 0 radical (unpaired) electrons. The van der Waals surface area contributed by atoms with Gasteiger partial charge in [-0.3, -0.25) is 14.4 Å². The Labute approximate surface area is 125 Å². The van der Waals surface area contributed by atoms with Crippen molar-refractivity contribution in [1.29, 1.82) is 0 Å². The zero-order valence-corrected chi connectivity index (χ0v) is 13.0. The average molecular weight is 298 g/mol. The minimum absolute atomic E-state index is 0.0135. The summed E-state index contributed by atoms with van der Waals surface area (Å²) >= 11 is 0. The van der Waals surface area contributed by atoms with Crippen LogP contribution < -0.4 is 16.8 Å². The molecule has 1 saturated heterocycles. The van der Waals surface area contributed by atoms with Gasteiger partial charge in [-0.1, -0.05) is 20.8 Å². The standard InChI is InChI=1S/C14H26N4O3/c1-14(2,3)13(21)18-6-4-9(5-7-18)17-12(20)10(15)8-11(16)19/h9-10H,4-8,15H2,1-3H3,(H2,16,19)(H,17,20). The highest BCUT2D eigenvalue weighted by atomic mass is 16.2. The van der Waals surface area contributed by atoms with E-state index in [9.17, 15) is 14.4 Å². The Bertz CT molecular complexity index is 409. The van der Waals surface area contributed by atoms with Gasteiger partial charge in [-0.15, -0.1) is 0 Å². The zero-order valence-electron chi connectivity index (χ0n) is 13.0. The number of hydrogen-bond donors (Lipinski definition) is 3. The number of nitrogens with zero attached hydrogens (tertiary/aromatic N) is 1. The Morgan fingerprint density at radius 1 is 1.24 bits per heavy atom. The molecule has 21 heavy (non-hydrogen) atoms. The second-order valence-corrected chi connectivity index (χ2v) is 6.60. The second-order valence-electron chi connectivity index (χ2n) is 6.60. The number of amides is 3. The first-order valence-corrected chi connectivity index (χ1v) is 7.25. The van der Waals surface area contributed by atoms with Crippen molar-refractivity contribution in [2.24, 2.45) is 16.9 Å². The van der Waals surface area contributed by atoms with Crippen molar-refractivity contribution in [3.8, 4) is 0 Å². The molecule has 0 aliphatic carbocycles. The molecule has 1 rings (SSSR count). The van der Waals surface area contributed by atoms with Gasteiger partial charge in [0.2, 0.25) is 17.7 Å². The van der Waals surface area contributed by atoms with Gasteiger partial charge >= 0.3 is 0 Å². The molecule has 3 amide bonds. The Balaban J connectivity index is 2.42. The lowest BCUT2D eigenvalue weighted by molar-refractivity contribution is -0.140. The highest BCUT2D eigenvalue weighted by molar-refractivity contribution is 5.87. The number of primary amides is 1. The van der Waals surface area contributed by atoms with Gasteiger partial charge in [-0.2, -0.15) is 0 Å². The summed E-state index contributed by atoms with van der Waals surface area (Å²) in [6.07, 6.45) is 1.22. The largest absolute Gasteiger partial charge is 0.370 e. The summed E-state index contributed by atoms with van der Waals surface area (Å²) in [5, 5.41) is 2.81. The quantitative estimate of drug-likeness (QED) is 0.638. The molecule has 1 atom stereocenters. The van der Waals surface area contributed by atoms with Crippen LogP contribution >= 0.6 is 0 Å². The number of carbonyl (C=O) groups is 3. The van der Waals surface area contributed by atoms with Crippen molar-refractivity contribution >= 4 is 17.7 Å². The van der Waals surface area contributed by atoms with Gasteiger partial charge < -0.3 is 21.7 Å². The van der Waals surface area contributed by atoms with Crippen molar-refractivity contribution in [2.45, 2.75) is 52.1 Å². The van der Waals surface area contributed by atoms with Gasteiger partial charge in [0.05, 0.1) is 12.5 Å². The van der Waals surface area contributed by atoms with Crippen LogP contribution in [-0.4, -0.2) is 47.8 Å². The number of carbonyl (C=O) groups excluding carboxylic acids is 3. The number of hydrogen-bond acceptors (Lipinski definition) is 4. The fraction of sp³-hybridized carbons (Fsp3) is 0.786. The predicted molar refractivity (Wildman–Crippen MR) is 79.0 cm³/mol. The Morgan fingerprint density at radius 2 is 1.76 bits per heavy atom. The van der Waals surface area contributed by atoms with Crippen molar-refractivity contribution in [2.75, 3.05) is 13.1 Å². The fourth-order valence-corrected chi connectivity index (χ4v) is 2.32. The predicted octanol–water partition coefficient (Wildman–Crippen LogP) is -0.658. The molecule has 0 aromatic heterocycles. The minimum atomic E-state index is -0.906. The van der Waals surface area contributed by atoms with E-state index in [4.69, 9.17) is 11.5 Å². The van der Waals surface area contributed by atoms with Crippen LogP contribution in [0, 0.1) is 5.41 Å². The third kappa shape index (κ3) is 5.34. The molecule has 5 N–H and O–H groups in total. The molecule has 0 aromatic rings. The number of likely N-dealkylation sites (tertiary alicyclic amines) is 1. The average Bonchev–Trinajstić information content (AvgIpc) is 2.36. The van der Waals surface area contributed by atoms with E-state index < -0.39 is 11.9 Å². The van der Waals surface area contributed by atoms with E-state index in [0.717, 1.165) is 0 Å². The molecular weight excluding hydrogens is 272 g/mol. The SMILES string of the molecule is CC(C)(C)C(=O)N1CCC(NC(=O)C(N)CC(N)=O)CC1. The summed E-state index contributed by atoms with van der Waals surface area (Å²) in [5.41, 5.74) is 10.2. The number of piperidine rings is 1. The molecule has 7 heteroatoms. The molecule has 1 heterocycles. The van der Waals surface area contributed by atoms with Crippen LogP contribution in [0.1, 0.15) is 40.0 Å². The Morgan fingerprint density at radius 3 is 2.19 bits per heavy atom. The molecule has 0 saturated carbocycles. The summed E-state index contributed by atoms with van der Waals surface area (Å²) < 4.78 is 0.